The van der Waals surface area contributed by atoms with E-state index in [1.807, 2.05) is 24.4 Å². The summed E-state index contributed by atoms with van der Waals surface area (Å²) in [5.74, 6) is 1.17. The molecule has 2 aliphatic rings. The molecule has 94 valence electrons. The second-order valence-corrected chi connectivity index (χ2v) is 4.90. The van der Waals surface area contributed by atoms with Gasteiger partial charge in [0.25, 0.3) is 5.91 Å². The Morgan fingerprint density at radius 3 is 3.11 bits per heavy atom. The Balaban J connectivity index is 1.77. The fourth-order valence-corrected chi connectivity index (χ4v) is 2.28. The van der Waals surface area contributed by atoms with E-state index >= 15 is 0 Å². The number of H-pyrrole nitrogens is 1. The number of nitrogens with one attached hydrogen (secondary N) is 2. The van der Waals surface area contributed by atoms with E-state index in [0.717, 1.165) is 35.3 Å². The number of hydrogen-bond acceptors (Lipinski definition) is 3. The summed E-state index contributed by atoms with van der Waals surface area (Å²) < 4.78 is 0. The van der Waals surface area contributed by atoms with Gasteiger partial charge < -0.3 is 10.3 Å². The molecule has 0 bridgehead atoms. The van der Waals surface area contributed by atoms with Gasteiger partial charge in [0.15, 0.2) is 0 Å². The monoisotopic (exact) mass is 252 g/mol. The van der Waals surface area contributed by atoms with E-state index in [-0.39, 0.29) is 5.91 Å². The van der Waals surface area contributed by atoms with Crippen LogP contribution < -0.4 is 5.32 Å². The fourth-order valence-electron chi connectivity index (χ4n) is 2.28. The maximum Gasteiger partial charge on any atom is 0.275 e. The van der Waals surface area contributed by atoms with Gasteiger partial charge in [-0.1, -0.05) is 0 Å². The number of carbonyl (C=O) groups is 1. The molecule has 5 nitrogen and oxygen atoms in total. The van der Waals surface area contributed by atoms with Crippen molar-refractivity contribution in [2.24, 2.45) is 10.9 Å². The molecule has 1 saturated carbocycles. The van der Waals surface area contributed by atoms with Crippen molar-refractivity contribution in [2.45, 2.75) is 12.8 Å². The molecule has 0 aromatic carbocycles. The molecule has 4 rings (SSSR count). The smallest absolute Gasteiger partial charge is 0.275 e. The van der Waals surface area contributed by atoms with E-state index in [4.69, 9.17) is 0 Å². The Hall–Kier alpha value is -2.43. The molecular weight excluding hydrogens is 240 g/mol. The molecule has 5 heteroatoms. The van der Waals surface area contributed by atoms with Gasteiger partial charge in [-0.3, -0.25) is 4.79 Å². The summed E-state index contributed by atoms with van der Waals surface area (Å²) >= 11 is 0. The Bertz CT molecular complexity index is 737. The van der Waals surface area contributed by atoms with E-state index in [0.29, 0.717) is 11.6 Å². The van der Waals surface area contributed by atoms with Crippen LogP contribution in [0.2, 0.25) is 0 Å². The van der Waals surface area contributed by atoms with Gasteiger partial charge >= 0.3 is 0 Å². The van der Waals surface area contributed by atoms with Gasteiger partial charge in [0, 0.05) is 29.3 Å². The normalized spacial score (nSPS) is 20.9. The molecule has 2 aromatic heterocycles. The van der Waals surface area contributed by atoms with Crippen molar-refractivity contribution in [2.75, 3.05) is 0 Å². The lowest BCUT2D eigenvalue weighted by molar-refractivity contribution is -0.115. The quantitative estimate of drug-likeness (QED) is 0.801. The first-order valence-electron chi connectivity index (χ1n) is 6.35. The predicted molar refractivity (Wildman–Crippen MR) is 72.4 cm³/mol. The van der Waals surface area contributed by atoms with Crippen LogP contribution in [0, 0.1) is 5.92 Å². The maximum absolute atomic E-state index is 11.9. The highest BCUT2D eigenvalue weighted by Crippen LogP contribution is 2.32. The molecule has 1 aliphatic heterocycles. The number of amides is 1. The van der Waals surface area contributed by atoms with Crippen LogP contribution in [0.3, 0.4) is 0 Å². The zero-order chi connectivity index (χ0) is 12.8. The molecular formula is C14H12N4O. The Labute approximate surface area is 109 Å². The number of aliphatic imine (C=N–C) groups is 1. The third-order valence-electron chi connectivity index (χ3n) is 3.45. The van der Waals surface area contributed by atoms with Crippen LogP contribution in [0.4, 0.5) is 0 Å². The van der Waals surface area contributed by atoms with E-state index in [1.54, 1.807) is 6.20 Å². The van der Waals surface area contributed by atoms with Crippen molar-refractivity contribution in [1.29, 1.82) is 0 Å². The van der Waals surface area contributed by atoms with Crippen molar-refractivity contribution in [3.63, 3.8) is 0 Å². The molecule has 0 saturated heterocycles. The molecule has 1 aliphatic carbocycles. The van der Waals surface area contributed by atoms with Gasteiger partial charge in [-0.15, -0.1) is 0 Å². The van der Waals surface area contributed by atoms with Crippen LogP contribution >= 0.6 is 0 Å². The van der Waals surface area contributed by atoms with Crippen LogP contribution in [0.1, 0.15) is 18.4 Å². The van der Waals surface area contributed by atoms with E-state index in [9.17, 15) is 4.79 Å². The first-order chi connectivity index (χ1) is 9.31. The molecule has 2 N–H and O–H groups in total. The molecule has 0 unspecified atom stereocenters. The Morgan fingerprint density at radius 1 is 1.37 bits per heavy atom. The third-order valence-corrected chi connectivity index (χ3v) is 3.45. The topological polar surface area (TPSA) is 70.1 Å². The van der Waals surface area contributed by atoms with Crippen LogP contribution in [0.15, 0.2) is 35.2 Å². The largest absolute Gasteiger partial charge is 0.346 e. The maximum atomic E-state index is 11.9. The number of rotatable bonds is 2. The predicted octanol–water partition coefficient (Wildman–Crippen LogP) is 1.84. The number of pyridine rings is 1. The molecule has 0 atom stereocenters. The molecule has 3 heterocycles. The van der Waals surface area contributed by atoms with Gasteiger partial charge in [-0.05, 0) is 31.1 Å². The molecule has 2 aromatic rings. The first kappa shape index (κ1) is 10.5. The summed E-state index contributed by atoms with van der Waals surface area (Å²) in [6.07, 6.45) is 7.65. The van der Waals surface area contributed by atoms with Gasteiger partial charge in [-0.2, -0.15) is 0 Å². The molecule has 1 amide bonds. The third kappa shape index (κ3) is 1.74. The number of amidine groups is 1. The Kier molecular flexibility index (Phi) is 2.09. The number of carbonyl (C=O) groups excluding carboxylic acids is 1. The summed E-state index contributed by atoms with van der Waals surface area (Å²) in [5, 5.41) is 3.84. The summed E-state index contributed by atoms with van der Waals surface area (Å²) in [5.41, 5.74) is 2.24. The minimum Gasteiger partial charge on any atom is -0.346 e. The van der Waals surface area contributed by atoms with Crippen LogP contribution in [0.25, 0.3) is 17.1 Å². The van der Waals surface area contributed by atoms with Crippen LogP contribution in [0.5, 0.6) is 0 Å². The first-order valence-corrected chi connectivity index (χ1v) is 6.35. The molecule has 0 radical (unpaired) electrons. The second kappa shape index (κ2) is 3.78. The van der Waals surface area contributed by atoms with Crippen molar-refractivity contribution in [3.8, 4) is 0 Å². The minimum absolute atomic E-state index is 0.111. The van der Waals surface area contributed by atoms with Crippen molar-refractivity contribution >= 4 is 28.9 Å². The zero-order valence-electron chi connectivity index (χ0n) is 10.2. The summed E-state index contributed by atoms with van der Waals surface area (Å²) in [4.78, 5) is 23.6. The van der Waals surface area contributed by atoms with Crippen molar-refractivity contribution in [1.82, 2.24) is 15.3 Å². The van der Waals surface area contributed by atoms with E-state index in [1.165, 1.54) is 0 Å². The lowest BCUT2D eigenvalue weighted by Gasteiger charge is -1.93. The molecule has 19 heavy (non-hydrogen) atoms. The SMILES string of the molecule is O=C1NC(C2CC2)=N/C1=C\c1c[nH]c2ncccc12. The second-order valence-electron chi connectivity index (χ2n) is 4.90. The van der Waals surface area contributed by atoms with Crippen molar-refractivity contribution in [3.05, 3.63) is 35.8 Å². The highest BCUT2D eigenvalue weighted by molar-refractivity contribution is 6.16. The average Bonchev–Trinajstić information content (AvgIpc) is 3.11. The van der Waals surface area contributed by atoms with Crippen LogP contribution in [-0.2, 0) is 4.79 Å². The average molecular weight is 252 g/mol. The van der Waals surface area contributed by atoms with Gasteiger partial charge in [0.2, 0.25) is 0 Å². The highest BCUT2D eigenvalue weighted by atomic mass is 16.2. The van der Waals surface area contributed by atoms with Crippen LogP contribution in [-0.4, -0.2) is 21.7 Å². The van der Waals surface area contributed by atoms with Crippen molar-refractivity contribution < 1.29 is 4.79 Å². The zero-order valence-corrected chi connectivity index (χ0v) is 10.2. The summed E-state index contributed by atoms with van der Waals surface area (Å²) in [6, 6.07) is 3.86. The number of aromatic nitrogens is 2. The Morgan fingerprint density at radius 2 is 2.26 bits per heavy atom. The van der Waals surface area contributed by atoms with E-state index < -0.39 is 0 Å². The standard InChI is InChI=1S/C14H12N4O/c19-14-11(17-12(18-14)8-3-4-8)6-9-7-16-13-10(9)2-1-5-15-13/h1-2,5-8H,3-4H2,(H,15,16)(H,17,18,19)/b11-6-. The van der Waals surface area contributed by atoms with Gasteiger partial charge in [0.05, 0.1) is 0 Å². The number of aromatic amines is 1. The number of nitrogens with zero attached hydrogens (tertiary/aromatic N) is 2. The minimum atomic E-state index is -0.111. The number of hydrogen-bond donors (Lipinski definition) is 2. The number of fused-ring (bicyclic) bond motifs is 1. The van der Waals surface area contributed by atoms with Gasteiger partial charge in [0.1, 0.15) is 17.2 Å². The summed E-state index contributed by atoms with van der Waals surface area (Å²) in [6.45, 7) is 0. The lowest BCUT2D eigenvalue weighted by atomic mass is 10.2. The highest BCUT2D eigenvalue weighted by Gasteiger charge is 2.33. The van der Waals surface area contributed by atoms with E-state index in [2.05, 4.69) is 20.3 Å². The summed E-state index contributed by atoms with van der Waals surface area (Å²) in [7, 11) is 0. The lowest BCUT2D eigenvalue weighted by Crippen LogP contribution is -2.25. The molecule has 0 spiro atoms. The fraction of sp³-hybridized carbons (Fsp3) is 0.214. The van der Waals surface area contributed by atoms with Gasteiger partial charge in [-0.25, -0.2) is 9.98 Å². The molecule has 1 fully saturated rings.